The summed E-state index contributed by atoms with van der Waals surface area (Å²) in [6.07, 6.45) is 0.158. The van der Waals surface area contributed by atoms with Crippen molar-refractivity contribution in [2.24, 2.45) is 0 Å². The van der Waals surface area contributed by atoms with Gasteiger partial charge in [0, 0.05) is 5.69 Å². The van der Waals surface area contributed by atoms with E-state index < -0.39 is 11.9 Å². The first kappa shape index (κ1) is 10.9. The topological polar surface area (TPSA) is 72.5 Å². The van der Waals surface area contributed by atoms with Gasteiger partial charge in [-0.15, -0.1) is 0 Å². The van der Waals surface area contributed by atoms with E-state index in [2.05, 4.69) is 10.1 Å². The average Bonchev–Trinajstić information content (AvgIpc) is 2.28. The summed E-state index contributed by atoms with van der Waals surface area (Å²) in [5, 5.41) is 2.30. The molecule has 0 saturated carbocycles. The largest absolute Gasteiger partial charge is 0.465 e. The van der Waals surface area contributed by atoms with Gasteiger partial charge in [-0.25, -0.2) is 4.79 Å². The van der Waals surface area contributed by atoms with E-state index in [1.165, 1.54) is 13.2 Å². The maximum absolute atomic E-state index is 11.1. The van der Waals surface area contributed by atoms with Gasteiger partial charge in [-0.1, -0.05) is 6.07 Å². The van der Waals surface area contributed by atoms with E-state index in [0.717, 1.165) is 0 Å². The summed E-state index contributed by atoms with van der Waals surface area (Å²) in [6.45, 7) is 0. The number of carbonyl (C=O) groups excluding carboxylic acids is 3. The quantitative estimate of drug-likeness (QED) is 0.447. The van der Waals surface area contributed by atoms with Crippen molar-refractivity contribution in [3.63, 3.8) is 0 Å². The smallest absolute Gasteiger partial charge is 0.337 e. The second-order valence-electron chi connectivity index (χ2n) is 2.68. The third kappa shape index (κ3) is 2.91. The first-order chi connectivity index (χ1) is 7.17. The standard InChI is InChI=1S/C10H9NO4/c1-15-10(14)7-3-2-4-8(5-7)11-9(13)6-12/h2-6H,1H3,(H,11,13). The lowest BCUT2D eigenvalue weighted by molar-refractivity contribution is -0.127. The number of esters is 1. The van der Waals surface area contributed by atoms with Gasteiger partial charge in [0.15, 0.2) is 0 Å². The molecule has 15 heavy (non-hydrogen) atoms. The minimum absolute atomic E-state index is 0.158. The first-order valence-electron chi connectivity index (χ1n) is 4.12. The highest BCUT2D eigenvalue weighted by Crippen LogP contribution is 2.10. The van der Waals surface area contributed by atoms with Crippen molar-refractivity contribution >= 4 is 23.9 Å². The molecule has 0 aliphatic carbocycles. The number of rotatable bonds is 3. The molecule has 0 saturated heterocycles. The number of amides is 1. The summed E-state index contributed by atoms with van der Waals surface area (Å²) in [5.74, 6) is -1.27. The Balaban J connectivity index is 2.87. The molecule has 0 aliphatic heterocycles. The van der Waals surface area contributed by atoms with Crippen LogP contribution in [0.25, 0.3) is 0 Å². The van der Waals surface area contributed by atoms with Crippen LogP contribution < -0.4 is 5.32 Å². The van der Waals surface area contributed by atoms with Crippen molar-refractivity contribution < 1.29 is 19.1 Å². The highest BCUT2D eigenvalue weighted by atomic mass is 16.5. The Morgan fingerprint density at radius 1 is 1.40 bits per heavy atom. The van der Waals surface area contributed by atoms with Crippen LogP contribution in [0, 0.1) is 0 Å². The van der Waals surface area contributed by atoms with Crippen molar-refractivity contribution in [1.29, 1.82) is 0 Å². The molecule has 0 radical (unpaired) electrons. The molecule has 78 valence electrons. The summed E-state index contributed by atoms with van der Waals surface area (Å²) in [6, 6.07) is 6.11. The number of carbonyl (C=O) groups is 3. The molecule has 0 aliphatic rings. The summed E-state index contributed by atoms with van der Waals surface area (Å²) in [7, 11) is 1.26. The molecule has 1 amide bonds. The second kappa shape index (κ2) is 4.90. The molecule has 1 aromatic rings. The zero-order chi connectivity index (χ0) is 11.3. The summed E-state index contributed by atoms with van der Waals surface area (Å²) in [5.41, 5.74) is 0.677. The molecule has 5 heteroatoms. The number of aldehydes is 1. The Morgan fingerprint density at radius 2 is 2.13 bits per heavy atom. The fourth-order valence-corrected chi connectivity index (χ4v) is 1.01. The minimum Gasteiger partial charge on any atom is -0.465 e. The Kier molecular flexibility index (Phi) is 3.56. The SMILES string of the molecule is COC(=O)c1cccc(NC(=O)C=O)c1. The van der Waals surface area contributed by atoms with Gasteiger partial charge in [-0.2, -0.15) is 0 Å². The molecule has 0 bridgehead atoms. The van der Waals surface area contributed by atoms with E-state index in [1.54, 1.807) is 18.2 Å². The second-order valence-corrected chi connectivity index (χ2v) is 2.68. The number of benzene rings is 1. The maximum Gasteiger partial charge on any atom is 0.337 e. The molecule has 5 nitrogen and oxygen atoms in total. The van der Waals surface area contributed by atoms with Gasteiger partial charge in [0.25, 0.3) is 5.91 Å². The third-order valence-corrected chi connectivity index (χ3v) is 1.66. The van der Waals surface area contributed by atoms with E-state index in [-0.39, 0.29) is 6.29 Å². The predicted octanol–water partition coefficient (Wildman–Crippen LogP) is 0.611. The van der Waals surface area contributed by atoms with Crippen LogP contribution in [-0.4, -0.2) is 25.3 Å². The predicted molar refractivity (Wildman–Crippen MR) is 52.5 cm³/mol. The molecule has 0 aromatic heterocycles. The van der Waals surface area contributed by atoms with Crippen LogP contribution >= 0.6 is 0 Å². The van der Waals surface area contributed by atoms with Gasteiger partial charge >= 0.3 is 5.97 Å². The van der Waals surface area contributed by atoms with E-state index in [9.17, 15) is 14.4 Å². The minimum atomic E-state index is -0.767. The molecule has 0 atom stereocenters. The molecular weight excluding hydrogens is 198 g/mol. The van der Waals surface area contributed by atoms with Crippen LogP contribution in [0.4, 0.5) is 5.69 Å². The summed E-state index contributed by atoms with van der Waals surface area (Å²) < 4.78 is 4.50. The van der Waals surface area contributed by atoms with Gasteiger partial charge < -0.3 is 10.1 Å². The highest BCUT2D eigenvalue weighted by Gasteiger charge is 2.06. The average molecular weight is 207 g/mol. The molecule has 1 aromatic carbocycles. The van der Waals surface area contributed by atoms with Crippen LogP contribution in [0.5, 0.6) is 0 Å². The lowest BCUT2D eigenvalue weighted by atomic mass is 10.2. The van der Waals surface area contributed by atoms with Gasteiger partial charge in [0.05, 0.1) is 12.7 Å². The molecule has 1 N–H and O–H groups in total. The molecule has 1 rings (SSSR count). The fraction of sp³-hybridized carbons (Fsp3) is 0.100. The van der Waals surface area contributed by atoms with Crippen LogP contribution in [0.2, 0.25) is 0 Å². The number of ether oxygens (including phenoxy) is 1. The van der Waals surface area contributed by atoms with Crippen LogP contribution in [0.15, 0.2) is 24.3 Å². The third-order valence-electron chi connectivity index (χ3n) is 1.66. The van der Waals surface area contributed by atoms with Gasteiger partial charge in [0.2, 0.25) is 6.29 Å². The van der Waals surface area contributed by atoms with Crippen LogP contribution in [0.1, 0.15) is 10.4 Å². The summed E-state index contributed by atoms with van der Waals surface area (Å²) >= 11 is 0. The Morgan fingerprint density at radius 3 is 2.73 bits per heavy atom. The van der Waals surface area contributed by atoms with Crippen molar-refractivity contribution in [1.82, 2.24) is 0 Å². The lowest BCUT2D eigenvalue weighted by Crippen LogP contribution is -2.12. The van der Waals surface area contributed by atoms with Crippen molar-refractivity contribution in [3.05, 3.63) is 29.8 Å². The van der Waals surface area contributed by atoms with Crippen molar-refractivity contribution in [2.45, 2.75) is 0 Å². The monoisotopic (exact) mass is 207 g/mol. The zero-order valence-electron chi connectivity index (χ0n) is 8.02. The number of anilines is 1. The number of hydrogen-bond acceptors (Lipinski definition) is 4. The Labute approximate surface area is 86.0 Å². The Hall–Kier alpha value is -2.17. The molecule has 0 spiro atoms. The van der Waals surface area contributed by atoms with Crippen molar-refractivity contribution in [3.8, 4) is 0 Å². The molecular formula is C10H9NO4. The Bertz CT molecular complexity index is 400. The maximum atomic E-state index is 11.1. The fourth-order valence-electron chi connectivity index (χ4n) is 1.01. The highest BCUT2D eigenvalue weighted by molar-refractivity contribution is 6.29. The van der Waals surface area contributed by atoms with E-state index in [0.29, 0.717) is 11.3 Å². The van der Waals surface area contributed by atoms with Crippen LogP contribution in [-0.2, 0) is 14.3 Å². The zero-order valence-corrected chi connectivity index (χ0v) is 8.02. The number of nitrogens with one attached hydrogen (secondary N) is 1. The van der Waals surface area contributed by atoms with Gasteiger partial charge in [0.1, 0.15) is 0 Å². The van der Waals surface area contributed by atoms with E-state index in [4.69, 9.17) is 0 Å². The number of methoxy groups -OCH3 is 1. The van der Waals surface area contributed by atoms with E-state index >= 15 is 0 Å². The molecule has 0 fully saturated rings. The lowest BCUT2D eigenvalue weighted by Gasteiger charge is -2.03. The first-order valence-corrected chi connectivity index (χ1v) is 4.12. The normalized spacial score (nSPS) is 9.13. The van der Waals surface area contributed by atoms with Crippen LogP contribution in [0.3, 0.4) is 0 Å². The van der Waals surface area contributed by atoms with Crippen molar-refractivity contribution in [2.75, 3.05) is 12.4 Å². The van der Waals surface area contributed by atoms with E-state index in [1.807, 2.05) is 0 Å². The van der Waals surface area contributed by atoms with Gasteiger partial charge in [-0.3, -0.25) is 9.59 Å². The number of hydrogen-bond donors (Lipinski definition) is 1. The summed E-state index contributed by atoms with van der Waals surface area (Å²) in [4.78, 5) is 31.9. The van der Waals surface area contributed by atoms with Gasteiger partial charge in [-0.05, 0) is 18.2 Å². The molecule has 0 heterocycles. The molecule has 0 unspecified atom stereocenters.